The van der Waals surface area contributed by atoms with Gasteiger partial charge in [-0.05, 0) is 40.2 Å². The van der Waals surface area contributed by atoms with Crippen LogP contribution in [0.4, 0.5) is 10.2 Å². The van der Waals surface area contributed by atoms with Gasteiger partial charge in [0, 0.05) is 0 Å². The predicted octanol–water partition coefficient (Wildman–Crippen LogP) is 3.19. The molecule has 2 heterocycles. The average Bonchev–Trinajstić information content (AvgIpc) is 2.62. The van der Waals surface area contributed by atoms with Crippen molar-refractivity contribution in [1.29, 1.82) is 0 Å². The van der Waals surface area contributed by atoms with Crippen LogP contribution in [0.3, 0.4) is 0 Å². The maximum atomic E-state index is 12.7. The SMILES string of the molecule is Fc1cccc(NCc2ccc(Br)o2)n1. The molecule has 2 aromatic heterocycles. The molecule has 0 aliphatic rings. The summed E-state index contributed by atoms with van der Waals surface area (Å²) >= 11 is 3.20. The average molecular weight is 271 g/mol. The van der Waals surface area contributed by atoms with Gasteiger partial charge in [-0.15, -0.1) is 0 Å². The fraction of sp³-hybridized carbons (Fsp3) is 0.100. The molecule has 0 radical (unpaired) electrons. The molecule has 0 amide bonds. The number of hydrogen-bond donors (Lipinski definition) is 1. The Bertz CT molecular complexity index is 458. The molecule has 0 bridgehead atoms. The molecule has 0 atom stereocenters. The summed E-state index contributed by atoms with van der Waals surface area (Å²) in [4.78, 5) is 3.66. The van der Waals surface area contributed by atoms with Crippen molar-refractivity contribution in [2.75, 3.05) is 5.32 Å². The van der Waals surface area contributed by atoms with Gasteiger partial charge in [-0.25, -0.2) is 4.98 Å². The van der Waals surface area contributed by atoms with Crippen LogP contribution in [0, 0.1) is 5.95 Å². The standard InChI is InChI=1S/C10H8BrFN2O/c11-8-5-4-7(15-8)6-13-10-3-1-2-9(12)14-10/h1-5H,6H2,(H,13,14). The zero-order valence-corrected chi connectivity index (χ0v) is 9.29. The van der Waals surface area contributed by atoms with Gasteiger partial charge in [0.05, 0.1) is 6.54 Å². The second-order valence-electron chi connectivity index (χ2n) is 2.90. The molecule has 5 heteroatoms. The number of hydrogen-bond acceptors (Lipinski definition) is 3. The molecule has 15 heavy (non-hydrogen) atoms. The lowest BCUT2D eigenvalue weighted by Gasteiger charge is -2.02. The molecular weight excluding hydrogens is 263 g/mol. The van der Waals surface area contributed by atoms with Crippen LogP contribution in [0.5, 0.6) is 0 Å². The lowest BCUT2D eigenvalue weighted by atomic mass is 10.4. The highest BCUT2D eigenvalue weighted by molar-refractivity contribution is 9.10. The smallest absolute Gasteiger partial charge is 0.214 e. The lowest BCUT2D eigenvalue weighted by molar-refractivity contribution is 0.495. The summed E-state index contributed by atoms with van der Waals surface area (Å²) in [5, 5.41) is 2.95. The van der Waals surface area contributed by atoms with Crippen molar-refractivity contribution in [3.8, 4) is 0 Å². The fourth-order valence-electron chi connectivity index (χ4n) is 1.13. The van der Waals surface area contributed by atoms with Crippen molar-refractivity contribution in [3.05, 3.63) is 46.7 Å². The van der Waals surface area contributed by atoms with E-state index in [1.54, 1.807) is 18.2 Å². The summed E-state index contributed by atoms with van der Waals surface area (Å²) in [6.45, 7) is 0.474. The first kappa shape index (κ1) is 10.2. The molecule has 0 saturated heterocycles. The molecule has 0 fully saturated rings. The van der Waals surface area contributed by atoms with E-state index in [9.17, 15) is 4.39 Å². The van der Waals surface area contributed by atoms with Crippen molar-refractivity contribution in [1.82, 2.24) is 4.98 Å². The number of furan rings is 1. The number of nitrogens with zero attached hydrogens (tertiary/aromatic N) is 1. The number of pyridine rings is 1. The zero-order chi connectivity index (χ0) is 10.7. The van der Waals surface area contributed by atoms with Gasteiger partial charge in [0.2, 0.25) is 5.95 Å². The minimum Gasteiger partial charge on any atom is -0.452 e. The van der Waals surface area contributed by atoms with E-state index in [0.29, 0.717) is 17.0 Å². The van der Waals surface area contributed by atoms with Gasteiger partial charge in [-0.1, -0.05) is 6.07 Å². The van der Waals surface area contributed by atoms with Crippen LogP contribution in [-0.2, 0) is 6.54 Å². The third-order valence-electron chi connectivity index (χ3n) is 1.79. The number of aromatic nitrogens is 1. The van der Waals surface area contributed by atoms with Crippen LogP contribution < -0.4 is 5.32 Å². The summed E-state index contributed by atoms with van der Waals surface area (Å²) in [5.41, 5.74) is 0. The van der Waals surface area contributed by atoms with Crippen molar-refractivity contribution >= 4 is 21.7 Å². The van der Waals surface area contributed by atoms with E-state index < -0.39 is 5.95 Å². The van der Waals surface area contributed by atoms with Crippen LogP contribution in [0.2, 0.25) is 0 Å². The Balaban J connectivity index is 1.99. The second kappa shape index (κ2) is 4.44. The molecule has 0 aromatic carbocycles. The summed E-state index contributed by atoms with van der Waals surface area (Å²) in [7, 11) is 0. The molecule has 0 spiro atoms. The van der Waals surface area contributed by atoms with E-state index in [1.807, 2.05) is 6.07 Å². The predicted molar refractivity (Wildman–Crippen MR) is 57.9 cm³/mol. The van der Waals surface area contributed by atoms with Crippen LogP contribution in [0.15, 0.2) is 39.4 Å². The highest BCUT2D eigenvalue weighted by Gasteiger charge is 2.00. The minimum atomic E-state index is -0.499. The topological polar surface area (TPSA) is 38.1 Å². The highest BCUT2D eigenvalue weighted by Crippen LogP contribution is 2.15. The minimum absolute atomic E-state index is 0.474. The van der Waals surface area contributed by atoms with Gasteiger partial charge in [-0.3, -0.25) is 0 Å². The van der Waals surface area contributed by atoms with Crippen LogP contribution in [0.25, 0.3) is 0 Å². The first-order chi connectivity index (χ1) is 7.24. The van der Waals surface area contributed by atoms with E-state index in [2.05, 4.69) is 26.2 Å². The van der Waals surface area contributed by atoms with Crippen LogP contribution >= 0.6 is 15.9 Å². The molecular formula is C10H8BrFN2O. The summed E-state index contributed by atoms with van der Waals surface area (Å²) in [6.07, 6.45) is 0. The molecule has 2 rings (SSSR count). The van der Waals surface area contributed by atoms with Gasteiger partial charge in [0.15, 0.2) is 4.67 Å². The van der Waals surface area contributed by atoms with E-state index in [4.69, 9.17) is 4.42 Å². The highest BCUT2D eigenvalue weighted by atomic mass is 79.9. The van der Waals surface area contributed by atoms with Gasteiger partial charge >= 0.3 is 0 Å². The van der Waals surface area contributed by atoms with E-state index >= 15 is 0 Å². The number of anilines is 1. The first-order valence-corrected chi connectivity index (χ1v) is 5.14. The Morgan fingerprint density at radius 1 is 1.33 bits per heavy atom. The van der Waals surface area contributed by atoms with Crippen molar-refractivity contribution < 1.29 is 8.81 Å². The number of halogens is 2. The Morgan fingerprint density at radius 2 is 2.20 bits per heavy atom. The Hall–Kier alpha value is -1.36. The normalized spacial score (nSPS) is 10.3. The largest absolute Gasteiger partial charge is 0.452 e. The van der Waals surface area contributed by atoms with Crippen molar-refractivity contribution in [2.24, 2.45) is 0 Å². The van der Waals surface area contributed by atoms with Gasteiger partial charge in [-0.2, -0.15) is 4.39 Å². The third-order valence-corrected chi connectivity index (χ3v) is 2.21. The lowest BCUT2D eigenvalue weighted by Crippen LogP contribution is -2.00. The van der Waals surface area contributed by atoms with E-state index in [0.717, 1.165) is 5.76 Å². The molecule has 0 aliphatic heterocycles. The summed E-state index contributed by atoms with van der Waals surface area (Å²) < 4.78 is 18.7. The molecule has 3 nitrogen and oxygen atoms in total. The quantitative estimate of drug-likeness (QED) is 0.871. The second-order valence-corrected chi connectivity index (χ2v) is 3.69. The van der Waals surface area contributed by atoms with Crippen LogP contribution in [-0.4, -0.2) is 4.98 Å². The first-order valence-electron chi connectivity index (χ1n) is 4.35. The molecule has 0 aliphatic carbocycles. The summed E-state index contributed by atoms with van der Waals surface area (Å²) in [5.74, 6) is 0.746. The van der Waals surface area contributed by atoms with Gasteiger partial charge in [0.1, 0.15) is 11.6 Å². The maximum absolute atomic E-state index is 12.7. The molecule has 78 valence electrons. The third kappa shape index (κ3) is 2.79. The van der Waals surface area contributed by atoms with E-state index in [1.165, 1.54) is 6.07 Å². The molecule has 0 unspecified atom stereocenters. The van der Waals surface area contributed by atoms with Crippen molar-refractivity contribution in [2.45, 2.75) is 6.54 Å². The molecule has 1 N–H and O–H groups in total. The molecule has 2 aromatic rings. The van der Waals surface area contributed by atoms with Gasteiger partial charge < -0.3 is 9.73 Å². The Labute approximate surface area is 94.5 Å². The summed E-state index contributed by atoms with van der Waals surface area (Å²) in [6, 6.07) is 8.23. The fourth-order valence-corrected chi connectivity index (χ4v) is 1.47. The van der Waals surface area contributed by atoms with E-state index in [-0.39, 0.29) is 0 Å². The maximum Gasteiger partial charge on any atom is 0.214 e. The number of rotatable bonds is 3. The monoisotopic (exact) mass is 270 g/mol. The Kier molecular flexibility index (Phi) is 3.01. The van der Waals surface area contributed by atoms with Crippen LogP contribution in [0.1, 0.15) is 5.76 Å². The van der Waals surface area contributed by atoms with Gasteiger partial charge in [0.25, 0.3) is 0 Å². The van der Waals surface area contributed by atoms with Crippen molar-refractivity contribution in [3.63, 3.8) is 0 Å². The molecule has 0 saturated carbocycles. The Morgan fingerprint density at radius 3 is 2.87 bits per heavy atom. The number of nitrogens with one attached hydrogen (secondary N) is 1. The zero-order valence-electron chi connectivity index (χ0n) is 7.71.